The number of hydrogen-bond donors (Lipinski definition) is 2. The van der Waals surface area contributed by atoms with Crippen molar-refractivity contribution in [3.8, 4) is 5.75 Å². The molecule has 2 rings (SSSR count). The molecule has 0 bridgehead atoms. The zero-order valence-corrected chi connectivity index (χ0v) is 12.9. The topological polar surface area (TPSA) is 58.6 Å². The lowest BCUT2D eigenvalue weighted by molar-refractivity contribution is 0.0906. The van der Waals surface area contributed by atoms with Crippen molar-refractivity contribution in [3.63, 3.8) is 0 Å². The van der Waals surface area contributed by atoms with Gasteiger partial charge >= 0.3 is 0 Å². The van der Waals surface area contributed by atoms with Gasteiger partial charge in [0.15, 0.2) is 11.6 Å². The van der Waals surface area contributed by atoms with Crippen molar-refractivity contribution >= 4 is 5.91 Å². The van der Waals surface area contributed by atoms with E-state index < -0.39 is 35.0 Å². The molecule has 1 atom stereocenters. The fraction of sp³-hybridized carbons (Fsp3) is 0.235. The van der Waals surface area contributed by atoms with Gasteiger partial charge in [0.1, 0.15) is 17.2 Å². The summed E-state index contributed by atoms with van der Waals surface area (Å²) in [4.78, 5) is 12.0. The summed E-state index contributed by atoms with van der Waals surface area (Å²) in [6, 6.07) is 7.04. The van der Waals surface area contributed by atoms with Crippen molar-refractivity contribution in [2.75, 3.05) is 13.2 Å². The second-order valence-electron chi connectivity index (χ2n) is 4.94. The molecule has 0 saturated heterocycles. The number of aliphatic hydroxyl groups is 1. The first kappa shape index (κ1) is 17.8. The van der Waals surface area contributed by atoms with Gasteiger partial charge in [-0.25, -0.2) is 13.2 Å². The maximum absolute atomic E-state index is 14.1. The van der Waals surface area contributed by atoms with E-state index in [2.05, 4.69) is 5.32 Å². The molecular weight excluding hydrogens is 323 g/mol. The van der Waals surface area contributed by atoms with Gasteiger partial charge in [0.25, 0.3) is 5.91 Å². The van der Waals surface area contributed by atoms with Gasteiger partial charge in [0.05, 0.1) is 12.7 Å². The van der Waals surface area contributed by atoms with E-state index in [4.69, 9.17) is 4.74 Å². The van der Waals surface area contributed by atoms with Gasteiger partial charge in [-0.2, -0.15) is 0 Å². The number of amides is 1. The molecule has 0 fully saturated rings. The molecule has 0 aliphatic rings. The van der Waals surface area contributed by atoms with Crippen molar-refractivity contribution in [1.82, 2.24) is 5.32 Å². The maximum atomic E-state index is 14.1. The minimum Gasteiger partial charge on any atom is -0.491 e. The minimum absolute atomic E-state index is 0.160. The lowest BCUT2D eigenvalue weighted by Gasteiger charge is -2.14. The highest BCUT2D eigenvalue weighted by molar-refractivity contribution is 5.95. The Kier molecular flexibility index (Phi) is 5.81. The Bertz CT molecular complexity index is 720. The van der Waals surface area contributed by atoms with Gasteiger partial charge in [0.2, 0.25) is 0 Å². The summed E-state index contributed by atoms with van der Waals surface area (Å²) in [7, 11) is 0. The molecule has 0 aliphatic carbocycles. The first-order valence-electron chi connectivity index (χ1n) is 7.26. The van der Waals surface area contributed by atoms with Gasteiger partial charge in [-0.1, -0.05) is 12.1 Å². The van der Waals surface area contributed by atoms with Crippen LogP contribution in [0.5, 0.6) is 5.75 Å². The molecule has 7 heteroatoms. The summed E-state index contributed by atoms with van der Waals surface area (Å²) in [6.07, 6.45) is -1.14. The number of rotatable bonds is 6. The first-order valence-corrected chi connectivity index (χ1v) is 7.26. The second kappa shape index (κ2) is 7.83. The summed E-state index contributed by atoms with van der Waals surface area (Å²) < 4.78 is 45.7. The summed E-state index contributed by atoms with van der Waals surface area (Å²) in [5.41, 5.74) is -0.423. The average Bonchev–Trinajstić information content (AvgIpc) is 2.56. The Morgan fingerprint density at radius 1 is 1.17 bits per heavy atom. The highest BCUT2D eigenvalue weighted by Crippen LogP contribution is 2.23. The second-order valence-corrected chi connectivity index (χ2v) is 4.94. The molecule has 2 N–H and O–H groups in total. The van der Waals surface area contributed by atoms with E-state index in [-0.39, 0.29) is 18.9 Å². The number of ether oxygens (including phenoxy) is 1. The molecule has 0 aromatic heterocycles. The lowest BCUT2D eigenvalue weighted by Crippen LogP contribution is -2.30. The summed E-state index contributed by atoms with van der Waals surface area (Å²) in [5, 5.41) is 12.2. The van der Waals surface area contributed by atoms with Crippen molar-refractivity contribution in [3.05, 3.63) is 65.0 Å². The molecule has 2 aromatic rings. The molecule has 0 spiro atoms. The predicted molar refractivity (Wildman–Crippen MR) is 81.2 cm³/mol. The molecule has 0 heterocycles. The maximum Gasteiger partial charge on any atom is 0.257 e. The number of nitrogens with one attached hydrogen (secondary N) is 1. The van der Waals surface area contributed by atoms with E-state index in [0.29, 0.717) is 5.56 Å². The molecule has 1 amide bonds. The monoisotopic (exact) mass is 339 g/mol. The van der Waals surface area contributed by atoms with Crippen LogP contribution in [-0.2, 0) is 0 Å². The normalized spacial score (nSPS) is 11.9. The van der Waals surface area contributed by atoms with Crippen LogP contribution in [-0.4, -0.2) is 24.2 Å². The molecule has 128 valence electrons. The summed E-state index contributed by atoms with van der Waals surface area (Å²) in [6.45, 7) is 1.50. The minimum atomic E-state index is -1.14. The van der Waals surface area contributed by atoms with E-state index in [9.17, 15) is 23.1 Å². The Hall–Kier alpha value is -2.54. The fourth-order valence-electron chi connectivity index (χ4n) is 2.09. The zero-order valence-electron chi connectivity index (χ0n) is 12.9. The zero-order chi connectivity index (χ0) is 17.7. The van der Waals surface area contributed by atoms with E-state index in [1.165, 1.54) is 12.1 Å². The summed E-state index contributed by atoms with van der Waals surface area (Å²) >= 11 is 0. The number of aliphatic hydroxyl groups excluding tert-OH is 1. The van der Waals surface area contributed by atoms with Crippen LogP contribution in [0.2, 0.25) is 0 Å². The van der Waals surface area contributed by atoms with Crippen molar-refractivity contribution in [1.29, 1.82) is 0 Å². The molecule has 0 aliphatic heterocycles. The van der Waals surface area contributed by atoms with Crippen LogP contribution in [0.3, 0.4) is 0 Å². The Balaban J connectivity index is 2.09. The van der Waals surface area contributed by atoms with Crippen LogP contribution in [0.25, 0.3) is 0 Å². The summed E-state index contributed by atoms with van der Waals surface area (Å²) in [5.74, 6) is -3.86. The molecule has 4 nitrogen and oxygen atoms in total. The third kappa shape index (κ3) is 4.05. The highest BCUT2D eigenvalue weighted by atomic mass is 19.1. The van der Waals surface area contributed by atoms with Gasteiger partial charge in [-0.3, -0.25) is 4.79 Å². The Morgan fingerprint density at radius 2 is 1.83 bits per heavy atom. The van der Waals surface area contributed by atoms with Crippen LogP contribution >= 0.6 is 0 Å². The Morgan fingerprint density at radius 3 is 2.46 bits per heavy atom. The van der Waals surface area contributed by atoms with Crippen molar-refractivity contribution in [2.24, 2.45) is 0 Å². The third-order valence-electron chi connectivity index (χ3n) is 3.29. The standard InChI is InChI=1S/C17H16F3NO3/c1-2-24-14-8-7-12(19)15(16(14)20)17(23)21-9-13(22)10-3-5-11(18)6-4-10/h3-8,13,22H,2,9H2,1H3,(H,21,23). The van der Waals surface area contributed by atoms with E-state index in [0.717, 1.165) is 24.3 Å². The van der Waals surface area contributed by atoms with Crippen molar-refractivity contribution in [2.45, 2.75) is 13.0 Å². The molecule has 1 unspecified atom stereocenters. The molecule has 2 aromatic carbocycles. The van der Waals surface area contributed by atoms with Crippen LogP contribution in [0.15, 0.2) is 36.4 Å². The van der Waals surface area contributed by atoms with Gasteiger partial charge in [-0.15, -0.1) is 0 Å². The predicted octanol–water partition coefficient (Wildman–Crippen LogP) is 2.97. The van der Waals surface area contributed by atoms with E-state index in [1.54, 1.807) is 6.92 Å². The van der Waals surface area contributed by atoms with Crippen LogP contribution < -0.4 is 10.1 Å². The highest BCUT2D eigenvalue weighted by Gasteiger charge is 2.22. The largest absolute Gasteiger partial charge is 0.491 e. The molecular formula is C17H16F3NO3. The molecule has 24 heavy (non-hydrogen) atoms. The van der Waals surface area contributed by atoms with Crippen LogP contribution in [0.1, 0.15) is 28.9 Å². The fourth-order valence-corrected chi connectivity index (χ4v) is 2.09. The first-order chi connectivity index (χ1) is 11.4. The Labute approximate surface area is 136 Å². The SMILES string of the molecule is CCOc1ccc(F)c(C(=O)NCC(O)c2ccc(F)cc2)c1F. The lowest BCUT2D eigenvalue weighted by atomic mass is 10.1. The molecule has 0 saturated carbocycles. The molecule has 0 radical (unpaired) electrons. The number of halogens is 3. The van der Waals surface area contributed by atoms with Gasteiger partial charge < -0.3 is 15.2 Å². The van der Waals surface area contributed by atoms with E-state index in [1.807, 2.05) is 0 Å². The smallest absolute Gasteiger partial charge is 0.257 e. The van der Waals surface area contributed by atoms with Crippen molar-refractivity contribution < 1.29 is 27.8 Å². The third-order valence-corrected chi connectivity index (χ3v) is 3.29. The number of carbonyl (C=O) groups is 1. The number of carbonyl (C=O) groups excluding carboxylic acids is 1. The quantitative estimate of drug-likeness (QED) is 0.851. The number of hydrogen-bond acceptors (Lipinski definition) is 3. The van der Waals surface area contributed by atoms with Crippen LogP contribution in [0, 0.1) is 17.5 Å². The van der Waals surface area contributed by atoms with Gasteiger partial charge in [0, 0.05) is 6.54 Å². The number of benzene rings is 2. The van der Waals surface area contributed by atoms with E-state index >= 15 is 0 Å². The van der Waals surface area contributed by atoms with Crippen LogP contribution in [0.4, 0.5) is 13.2 Å². The van der Waals surface area contributed by atoms with Gasteiger partial charge in [-0.05, 0) is 36.8 Å². The average molecular weight is 339 g/mol.